The number of carbonyl (C=O) groups is 1. The first kappa shape index (κ1) is 15.3. The van der Waals surface area contributed by atoms with Gasteiger partial charge < -0.3 is 10.6 Å². The lowest BCUT2D eigenvalue weighted by atomic mass is 9.85. The van der Waals surface area contributed by atoms with Crippen LogP contribution in [-0.2, 0) is 4.79 Å². The minimum atomic E-state index is -4.50. The number of hydrogen-bond acceptors (Lipinski definition) is 2. The van der Waals surface area contributed by atoms with Gasteiger partial charge in [0.2, 0.25) is 5.91 Å². The van der Waals surface area contributed by atoms with Crippen molar-refractivity contribution < 1.29 is 18.0 Å². The molecule has 1 aliphatic heterocycles. The maximum absolute atomic E-state index is 13.0. The van der Waals surface area contributed by atoms with Crippen molar-refractivity contribution in [3.05, 3.63) is 0 Å². The summed E-state index contributed by atoms with van der Waals surface area (Å²) < 4.78 is 39.1. The van der Waals surface area contributed by atoms with Gasteiger partial charge in [-0.15, -0.1) is 0 Å². The second kappa shape index (κ2) is 5.07. The summed E-state index contributed by atoms with van der Waals surface area (Å²) in [4.78, 5) is 11.8. The maximum atomic E-state index is 13.0. The summed E-state index contributed by atoms with van der Waals surface area (Å²) >= 11 is 0. The molecule has 0 saturated carbocycles. The van der Waals surface area contributed by atoms with Gasteiger partial charge in [-0.05, 0) is 24.8 Å². The van der Waals surface area contributed by atoms with E-state index >= 15 is 0 Å². The molecule has 0 aromatic rings. The average molecular weight is 266 g/mol. The third-order valence-electron chi connectivity index (χ3n) is 3.29. The molecule has 2 N–H and O–H groups in total. The zero-order chi connectivity index (χ0) is 14.0. The Labute approximate surface area is 106 Å². The molecule has 6 heteroatoms. The first-order chi connectivity index (χ1) is 8.08. The van der Waals surface area contributed by atoms with Crippen LogP contribution in [0.2, 0.25) is 0 Å². The smallest absolute Gasteiger partial charge is 0.355 e. The topological polar surface area (TPSA) is 41.1 Å². The van der Waals surface area contributed by atoms with Crippen LogP contribution in [-0.4, -0.2) is 31.7 Å². The molecule has 0 aromatic heterocycles. The minimum absolute atomic E-state index is 0.00734. The Bertz CT molecular complexity index is 301. The molecular formula is C12H21F3N2O. The van der Waals surface area contributed by atoms with E-state index in [1.165, 1.54) is 0 Å². The molecule has 0 radical (unpaired) electrons. The van der Waals surface area contributed by atoms with E-state index in [1.54, 1.807) is 0 Å². The lowest BCUT2D eigenvalue weighted by molar-refractivity contribution is -0.216. The molecule has 1 unspecified atom stereocenters. The van der Waals surface area contributed by atoms with Gasteiger partial charge in [0.25, 0.3) is 0 Å². The van der Waals surface area contributed by atoms with Crippen molar-refractivity contribution in [3.8, 4) is 0 Å². The number of nitrogens with one attached hydrogen (secondary N) is 2. The lowest BCUT2D eigenvalue weighted by Crippen LogP contribution is -2.52. The Morgan fingerprint density at radius 1 is 1.33 bits per heavy atom. The first-order valence-electron chi connectivity index (χ1n) is 6.14. The molecule has 0 bridgehead atoms. The van der Waals surface area contributed by atoms with Gasteiger partial charge in [0.1, 0.15) is 0 Å². The van der Waals surface area contributed by atoms with Crippen molar-refractivity contribution in [1.82, 2.24) is 10.6 Å². The molecule has 3 nitrogen and oxygen atoms in total. The van der Waals surface area contributed by atoms with Crippen LogP contribution in [0.4, 0.5) is 13.2 Å². The van der Waals surface area contributed by atoms with Crippen molar-refractivity contribution in [2.24, 2.45) is 10.8 Å². The van der Waals surface area contributed by atoms with Crippen LogP contribution >= 0.6 is 0 Å². The molecule has 1 saturated heterocycles. The zero-order valence-corrected chi connectivity index (χ0v) is 11.1. The Balaban J connectivity index is 2.63. The predicted octanol–water partition coefficient (Wildman–Crippen LogP) is 2.08. The van der Waals surface area contributed by atoms with Gasteiger partial charge in [-0.2, -0.15) is 13.2 Å². The summed E-state index contributed by atoms with van der Waals surface area (Å²) in [6.45, 7) is 6.13. The molecule has 1 heterocycles. The molecule has 1 fully saturated rings. The van der Waals surface area contributed by atoms with E-state index in [4.69, 9.17) is 0 Å². The molecule has 1 atom stereocenters. The van der Waals surface area contributed by atoms with Crippen LogP contribution in [0.3, 0.4) is 0 Å². The number of rotatable bonds is 3. The Morgan fingerprint density at radius 3 is 2.33 bits per heavy atom. The molecule has 0 spiro atoms. The SMILES string of the molecule is CC(C)(C)CCNC(=O)C1(C(F)(F)F)CCNC1. The Hall–Kier alpha value is -0.780. The third-order valence-corrected chi connectivity index (χ3v) is 3.29. The van der Waals surface area contributed by atoms with E-state index < -0.39 is 17.5 Å². The first-order valence-corrected chi connectivity index (χ1v) is 6.14. The fourth-order valence-electron chi connectivity index (χ4n) is 1.98. The Kier molecular flexibility index (Phi) is 4.30. The molecule has 0 aliphatic carbocycles. The zero-order valence-electron chi connectivity index (χ0n) is 11.1. The molecule has 106 valence electrons. The van der Waals surface area contributed by atoms with Gasteiger partial charge in [-0.1, -0.05) is 20.8 Å². The van der Waals surface area contributed by atoms with Gasteiger partial charge >= 0.3 is 6.18 Å². The molecular weight excluding hydrogens is 245 g/mol. The average Bonchev–Trinajstić information content (AvgIpc) is 2.63. The van der Waals surface area contributed by atoms with Gasteiger partial charge in [0.15, 0.2) is 5.41 Å². The van der Waals surface area contributed by atoms with Crippen LogP contribution in [0, 0.1) is 10.8 Å². The predicted molar refractivity (Wildman–Crippen MR) is 63.1 cm³/mol. The number of alkyl halides is 3. The number of carbonyl (C=O) groups excluding carboxylic acids is 1. The van der Waals surface area contributed by atoms with Crippen molar-refractivity contribution in [3.63, 3.8) is 0 Å². The fourth-order valence-corrected chi connectivity index (χ4v) is 1.98. The minimum Gasteiger partial charge on any atom is -0.355 e. The van der Waals surface area contributed by atoms with Crippen LogP contribution in [0.25, 0.3) is 0 Å². The van der Waals surface area contributed by atoms with E-state index in [9.17, 15) is 18.0 Å². The van der Waals surface area contributed by atoms with Crippen LogP contribution in [0.15, 0.2) is 0 Å². The summed E-state index contributed by atoms with van der Waals surface area (Å²) in [6, 6.07) is 0. The highest BCUT2D eigenvalue weighted by molar-refractivity contribution is 5.84. The summed E-state index contributed by atoms with van der Waals surface area (Å²) in [6.07, 6.45) is -4.03. The quantitative estimate of drug-likeness (QED) is 0.821. The van der Waals surface area contributed by atoms with Gasteiger partial charge in [0, 0.05) is 13.1 Å². The van der Waals surface area contributed by atoms with Crippen LogP contribution in [0.5, 0.6) is 0 Å². The van der Waals surface area contributed by atoms with Gasteiger partial charge in [0.05, 0.1) is 0 Å². The molecule has 1 rings (SSSR count). The highest BCUT2D eigenvalue weighted by Gasteiger charge is 2.61. The van der Waals surface area contributed by atoms with E-state index in [-0.39, 0.29) is 31.5 Å². The number of amides is 1. The summed E-state index contributed by atoms with van der Waals surface area (Å²) in [5.74, 6) is -0.899. The second-order valence-corrected chi connectivity index (χ2v) is 6.07. The normalized spacial score (nSPS) is 25.2. The summed E-state index contributed by atoms with van der Waals surface area (Å²) in [7, 11) is 0. The maximum Gasteiger partial charge on any atom is 0.404 e. The third kappa shape index (κ3) is 3.37. The number of halogens is 3. The van der Waals surface area contributed by atoms with Crippen molar-refractivity contribution in [2.75, 3.05) is 19.6 Å². The van der Waals surface area contributed by atoms with E-state index in [1.807, 2.05) is 20.8 Å². The molecule has 1 aliphatic rings. The fraction of sp³-hybridized carbons (Fsp3) is 0.917. The van der Waals surface area contributed by atoms with E-state index in [0.29, 0.717) is 6.42 Å². The Morgan fingerprint density at radius 2 is 1.94 bits per heavy atom. The second-order valence-electron chi connectivity index (χ2n) is 6.07. The van der Waals surface area contributed by atoms with Crippen molar-refractivity contribution in [1.29, 1.82) is 0 Å². The van der Waals surface area contributed by atoms with Gasteiger partial charge in [-0.25, -0.2) is 0 Å². The van der Waals surface area contributed by atoms with Crippen LogP contribution < -0.4 is 10.6 Å². The van der Waals surface area contributed by atoms with Crippen LogP contribution in [0.1, 0.15) is 33.6 Å². The standard InChI is InChI=1S/C12H21F3N2O/c1-10(2,3)4-7-17-9(18)11(12(13,14)15)5-6-16-8-11/h16H,4-8H2,1-3H3,(H,17,18). The molecule has 1 amide bonds. The molecule has 0 aromatic carbocycles. The summed E-state index contributed by atoms with van der Waals surface area (Å²) in [5.41, 5.74) is -2.25. The van der Waals surface area contributed by atoms with Crippen molar-refractivity contribution in [2.45, 2.75) is 39.8 Å². The highest BCUT2D eigenvalue weighted by Crippen LogP contribution is 2.43. The largest absolute Gasteiger partial charge is 0.404 e. The summed E-state index contributed by atoms with van der Waals surface area (Å²) in [5, 5.41) is 5.06. The van der Waals surface area contributed by atoms with E-state index in [0.717, 1.165) is 0 Å². The highest BCUT2D eigenvalue weighted by atomic mass is 19.4. The monoisotopic (exact) mass is 266 g/mol. The molecule has 18 heavy (non-hydrogen) atoms. The van der Waals surface area contributed by atoms with Crippen molar-refractivity contribution >= 4 is 5.91 Å². The van der Waals surface area contributed by atoms with E-state index in [2.05, 4.69) is 10.6 Å². The number of hydrogen-bond donors (Lipinski definition) is 2. The lowest BCUT2D eigenvalue weighted by Gasteiger charge is -2.30. The van der Waals surface area contributed by atoms with Gasteiger partial charge in [-0.3, -0.25) is 4.79 Å².